The molecule has 24 heavy (non-hydrogen) atoms. The Balaban J connectivity index is 1.46. The Morgan fingerprint density at radius 2 is 2.00 bits per heavy atom. The molecular weight excluding hydrogens is 304 g/mol. The molecule has 0 radical (unpaired) electrons. The van der Waals surface area contributed by atoms with Gasteiger partial charge < -0.3 is 20.0 Å². The molecule has 0 spiro atoms. The number of aromatic nitrogens is 1. The molecule has 2 heterocycles. The molecule has 1 saturated heterocycles. The molecular formula is C18H26N4O2. The van der Waals surface area contributed by atoms with Gasteiger partial charge >= 0.3 is 6.03 Å². The van der Waals surface area contributed by atoms with Crippen molar-refractivity contribution in [2.45, 2.75) is 39.2 Å². The summed E-state index contributed by atoms with van der Waals surface area (Å²) in [6.07, 6.45) is 1.98. The highest BCUT2D eigenvalue weighted by molar-refractivity contribution is 5.75. The smallest absolute Gasteiger partial charge is 0.317 e. The van der Waals surface area contributed by atoms with E-state index in [2.05, 4.69) is 15.6 Å². The number of fused-ring (bicyclic) bond motifs is 1. The van der Waals surface area contributed by atoms with Gasteiger partial charge in [0.2, 0.25) is 0 Å². The van der Waals surface area contributed by atoms with Crippen LogP contribution < -0.4 is 10.6 Å². The molecule has 6 nitrogen and oxygen atoms in total. The van der Waals surface area contributed by atoms with Gasteiger partial charge in [0, 0.05) is 25.2 Å². The highest BCUT2D eigenvalue weighted by atomic mass is 16.4. The normalized spacial score (nSPS) is 16.4. The average molecular weight is 330 g/mol. The Morgan fingerprint density at radius 3 is 2.67 bits per heavy atom. The van der Waals surface area contributed by atoms with Crippen molar-refractivity contribution >= 4 is 23.1 Å². The number of urea groups is 1. The molecule has 3 rings (SSSR count). The molecule has 2 aromatic rings. The fourth-order valence-corrected chi connectivity index (χ4v) is 2.92. The van der Waals surface area contributed by atoms with Crippen molar-refractivity contribution in [1.29, 1.82) is 0 Å². The Hall–Kier alpha value is -2.24. The molecule has 6 heteroatoms. The van der Waals surface area contributed by atoms with Crippen molar-refractivity contribution in [1.82, 2.24) is 15.2 Å². The SMILES string of the molecule is CC(C)(C)NC(=O)N1CCC(CNc2nc3ccccc3o2)CC1. The van der Waals surface area contributed by atoms with E-state index < -0.39 is 0 Å². The first-order valence-electron chi connectivity index (χ1n) is 8.57. The molecule has 2 N–H and O–H groups in total. The van der Waals surface area contributed by atoms with E-state index in [1.54, 1.807) is 0 Å². The first-order valence-corrected chi connectivity index (χ1v) is 8.57. The van der Waals surface area contributed by atoms with Crippen LogP contribution in [0.15, 0.2) is 28.7 Å². The molecule has 1 aliphatic rings. The molecule has 1 aromatic carbocycles. The van der Waals surface area contributed by atoms with Crippen molar-refractivity contribution in [3.05, 3.63) is 24.3 Å². The number of hydrogen-bond donors (Lipinski definition) is 2. The van der Waals surface area contributed by atoms with Crippen molar-refractivity contribution < 1.29 is 9.21 Å². The van der Waals surface area contributed by atoms with Gasteiger partial charge in [-0.2, -0.15) is 4.98 Å². The Morgan fingerprint density at radius 1 is 1.29 bits per heavy atom. The number of likely N-dealkylation sites (tertiary alicyclic amines) is 1. The lowest BCUT2D eigenvalue weighted by Crippen LogP contribution is -2.51. The highest BCUT2D eigenvalue weighted by Crippen LogP contribution is 2.21. The second-order valence-electron chi connectivity index (χ2n) is 7.48. The first kappa shape index (κ1) is 16.6. The summed E-state index contributed by atoms with van der Waals surface area (Å²) < 4.78 is 5.68. The van der Waals surface area contributed by atoms with E-state index in [0.717, 1.165) is 43.6 Å². The Bertz CT molecular complexity index is 663. The summed E-state index contributed by atoms with van der Waals surface area (Å²) in [4.78, 5) is 18.5. The van der Waals surface area contributed by atoms with Crippen LogP contribution in [-0.2, 0) is 0 Å². The number of carbonyl (C=O) groups is 1. The van der Waals surface area contributed by atoms with Gasteiger partial charge in [-0.15, -0.1) is 0 Å². The maximum absolute atomic E-state index is 12.2. The zero-order valence-electron chi connectivity index (χ0n) is 14.6. The molecule has 1 fully saturated rings. The minimum absolute atomic E-state index is 0.0351. The highest BCUT2D eigenvalue weighted by Gasteiger charge is 2.25. The number of hydrogen-bond acceptors (Lipinski definition) is 4. The van der Waals surface area contributed by atoms with Crippen molar-refractivity contribution in [3.63, 3.8) is 0 Å². The molecule has 1 aliphatic heterocycles. The molecule has 0 aliphatic carbocycles. The minimum atomic E-state index is -0.192. The number of oxazole rings is 1. The number of para-hydroxylation sites is 2. The monoisotopic (exact) mass is 330 g/mol. The van der Waals surface area contributed by atoms with Crippen LogP contribution in [0.25, 0.3) is 11.1 Å². The number of benzene rings is 1. The lowest BCUT2D eigenvalue weighted by atomic mass is 9.97. The van der Waals surface area contributed by atoms with E-state index in [-0.39, 0.29) is 11.6 Å². The third kappa shape index (κ3) is 4.19. The summed E-state index contributed by atoms with van der Waals surface area (Å²) in [5, 5.41) is 6.31. The summed E-state index contributed by atoms with van der Waals surface area (Å²) in [6, 6.07) is 8.36. The van der Waals surface area contributed by atoms with Crippen LogP contribution in [0, 0.1) is 5.92 Å². The van der Waals surface area contributed by atoms with Crippen LogP contribution in [0.3, 0.4) is 0 Å². The van der Waals surface area contributed by atoms with Gasteiger partial charge in [-0.25, -0.2) is 4.79 Å². The van der Waals surface area contributed by atoms with E-state index in [9.17, 15) is 4.79 Å². The zero-order chi connectivity index (χ0) is 17.2. The Labute approximate surface area is 142 Å². The second kappa shape index (κ2) is 6.71. The lowest BCUT2D eigenvalue weighted by Gasteiger charge is -2.34. The summed E-state index contributed by atoms with van der Waals surface area (Å²) in [6.45, 7) is 8.41. The predicted octanol–water partition coefficient (Wildman–Crippen LogP) is 3.46. The second-order valence-corrected chi connectivity index (χ2v) is 7.48. The molecule has 0 unspecified atom stereocenters. The van der Waals surface area contributed by atoms with Crippen LogP contribution >= 0.6 is 0 Å². The number of amides is 2. The van der Waals surface area contributed by atoms with Crippen LogP contribution in [-0.4, -0.2) is 41.1 Å². The molecule has 1 aromatic heterocycles. The van der Waals surface area contributed by atoms with Crippen LogP contribution in [0.1, 0.15) is 33.6 Å². The van der Waals surface area contributed by atoms with Crippen LogP contribution in [0.4, 0.5) is 10.8 Å². The van der Waals surface area contributed by atoms with Gasteiger partial charge in [-0.3, -0.25) is 0 Å². The fraction of sp³-hybridized carbons (Fsp3) is 0.556. The standard InChI is InChI=1S/C18H26N4O2/c1-18(2,3)21-17(23)22-10-8-13(9-11-22)12-19-16-20-14-6-4-5-7-15(14)24-16/h4-7,13H,8-12H2,1-3H3,(H,19,20)(H,21,23). The average Bonchev–Trinajstić information content (AvgIpc) is 2.94. The van der Waals surface area contributed by atoms with Crippen molar-refractivity contribution in [2.75, 3.05) is 25.0 Å². The fourth-order valence-electron chi connectivity index (χ4n) is 2.92. The first-order chi connectivity index (χ1) is 11.4. The quantitative estimate of drug-likeness (QED) is 0.904. The summed E-state index contributed by atoms with van der Waals surface area (Å²) in [5.74, 6) is 0.527. The molecule has 0 bridgehead atoms. The van der Waals surface area contributed by atoms with E-state index in [0.29, 0.717) is 11.9 Å². The topological polar surface area (TPSA) is 70.4 Å². The van der Waals surface area contributed by atoms with Crippen molar-refractivity contribution in [3.8, 4) is 0 Å². The van der Waals surface area contributed by atoms with Gasteiger partial charge in [-0.05, 0) is 51.7 Å². The van der Waals surface area contributed by atoms with Crippen LogP contribution in [0.5, 0.6) is 0 Å². The Kier molecular flexibility index (Phi) is 4.64. The maximum Gasteiger partial charge on any atom is 0.317 e. The van der Waals surface area contributed by atoms with Gasteiger partial charge in [0.15, 0.2) is 5.58 Å². The van der Waals surface area contributed by atoms with Gasteiger partial charge in [0.1, 0.15) is 5.52 Å². The van der Waals surface area contributed by atoms with Crippen molar-refractivity contribution in [2.24, 2.45) is 5.92 Å². The third-order valence-electron chi connectivity index (χ3n) is 4.22. The van der Waals surface area contributed by atoms with Gasteiger partial charge in [0.25, 0.3) is 6.01 Å². The molecule has 0 atom stereocenters. The maximum atomic E-state index is 12.2. The number of carbonyl (C=O) groups excluding carboxylic acids is 1. The summed E-state index contributed by atoms with van der Waals surface area (Å²) in [5.41, 5.74) is 1.48. The summed E-state index contributed by atoms with van der Waals surface area (Å²) in [7, 11) is 0. The minimum Gasteiger partial charge on any atom is -0.424 e. The largest absolute Gasteiger partial charge is 0.424 e. The lowest BCUT2D eigenvalue weighted by molar-refractivity contribution is 0.165. The number of piperidine rings is 1. The number of anilines is 1. The molecule has 130 valence electrons. The number of nitrogens with one attached hydrogen (secondary N) is 2. The number of rotatable bonds is 3. The molecule has 2 amide bonds. The van der Waals surface area contributed by atoms with Crippen LogP contribution in [0.2, 0.25) is 0 Å². The van der Waals surface area contributed by atoms with E-state index >= 15 is 0 Å². The third-order valence-corrected chi connectivity index (χ3v) is 4.22. The zero-order valence-corrected chi connectivity index (χ0v) is 14.6. The molecule has 0 saturated carbocycles. The van der Waals surface area contributed by atoms with E-state index in [4.69, 9.17) is 4.42 Å². The summed E-state index contributed by atoms with van der Waals surface area (Å²) >= 11 is 0. The van der Waals surface area contributed by atoms with E-state index in [1.807, 2.05) is 49.9 Å². The predicted molar refractivity (Wildman–Crippen MR) is 95.1 cm³/mol. The van der Waals surface area contributed by atoms with Gasteiger partial charge in [0.05, 0.1) is 0 Å². The number of nitrogens with zero attached hydrogens (tertiary/aromatic N) is 2. The van der Waals surface area contributed by atoms with Gasteiger partial charge in [-0.1, -0.05) is 12.1 Å². The van der Waals surface area contributed by atoms with E-state index in [1.165, 1.54) is 0 Å².